The van der Waals surface area contributed by atoms with Gasteiger partial charge in [-0.2, -0.15) is 0 Å². The third kappa shape index (κ3) is 5.34. The number of piperazine rings is 1. The molecule has 1 aliphatic carbocycles. The van der Waals surface area contributed by atoms with E-state index in [1.54, 1.807) is 29.2 Å². The summed E-state index contributed by atoms with van der Waals surface area (Å²) < 4.78 is 13.4. The molecule has 3 heterocycles. The van der Waals surface area contributed by atoms with Crippen LogP contribution >= 0.6 is 0 Å². The van der Waals surface area contributed by atoms with E-state index >= 15 is 0 Å². The second-order valence-electron chi connectivity index (χ2n) is 11.5. The highest BCUT2D eigenvalue weighted by Gasteiger charge is 2.52. The lowest BCUT2D eigenvalue weighted by Gasteiger charge is -2.59. The molecule has 2 fully saturated rings. The van der Waals surface area contributed by atoms with Gasteiger partial charge in [-0.1, -0.05) is 86.2 Å². The van der Waals surface area contributed by atoms with Crippen LogP contribution in [0.5, 0.6) is 0 Å². The zero-order valence-corrected chi connectivity index (χ0v) is 23.7. The Labute approximate surface area is 241 Å². The van der Waals surface area contributed by atoms with Crippen molar-refractivity contribution in [2.45, 2.75) is 50.5 Å². The molecule has 0 radical (unpaired) electrons. The van der Waals surface area contributed by atoms with Gasteiger partial charge in [0.05, 0.1) is 12.6 Å². The van der Waals surface area contributed by atoms with E-state index in [1.807, 2.05) is 11.0 Å². The van der Waals surface area contributed by atoms with E-state index in [1.165, 1.54) is 23.3 Å². The molecule has 1 N–H and O–H groups in total. The van der Waals surface area contributed by atoms with Crippen molar-refractivity contribution in [3.63, 3.8) is 0 Å². The number of fused-ring (bicyclic) bond motifs is 4. The molecule has 2 saturated heterocycles. The number of halogens is 1. The van der Waals surface area contributed by atoms with Crippen molar-refractivity contribution >= 4 is 11.9 Å². The van der Waals surface area contributed by atoms with Gasteiger partial charge >= 0.3 is 6.03 Å². The summed E-state index contributed by atoms with van der Waals surface area (Å²) in [6.07, 6.45) is 12.5. The molecule has 41 heavy (non-hydrogen) atoms. The molecule has 214 valence electrons. The van der Waals surface area contributed by atoms with Crippen LogP contribution in [0.25, 0.3) is 0 Å². The number of benzene rings is 2. The molecule has 0 saturated carbocycles. The Hall–Kier alpha value is -3.75. The van der Waals surface area contributed by atoms with Crippen molar-refractivity contribution in [2.75, 3.05) is 26.7 Å². The molecule has 7 nitrogen and oxygen atoms in total. The van der Waals surface area contributed by atoms with Crippen LogP contribution in [0.1, 0.15) is 36.8 Å². The summed E-state index contributed by atoms with van der Waals surface area (Å²) in [4.78, 5) is 32.0. The van der Waals surface area contributed by atoms with Gasteiger partial charge in [-0.25, -0.2) is 19.2 Å². The summed E-state index contributed by atoms with van der Waals surface area (Å²) in [6.45, 7) is 3.95. The number of hydrogen-bond donors (Lipinski definition) is 1. The Morgan fingerprint density at radius 1 is 1.05 bits per heavy atom. The highest BCUT2D eigenvalue weighted by atomic mass is 19.1. The summed E-state index contributed by atoms with van der Waals surface area (Å²) in [6, 6.07) is 16.6. The first kappa shape index (κ1) is 27.4. The first-order valence-corrected chi connectivity index (χ1v) is 14.6. The monoisotopic (exact) mass is 555 g/mol. The molecule has 4 aliphatic rings. The first-order valence-electron chi connectivity index (χ1n) is 14.6. The quantitative estimate of drug-likeness (QED) is 0.583. The molecular formula is C33H38FN5O2. The Balaban J connectivity index is 1.34. The lowest BCUT2D eigenvalue weighted by Crippen LogP contribution is -2.77. The van der Waals surface area contributed by atoms with Crippen LogP contribution in [0, 0.1) is 11.7 Å². The molecule has 3 amide bonds. The van der Waals surface area contributed by atoms with Gasteiger partial charge in [-0.15, -0.1) is 0 Å². The third-order valence-corrected chi connectivity index (χ3v) is 8.88. The second kappa shape index (κ2) is 11.6. The van der Waals surface area contributed by atoms with E-state index in [0.29, 0.717) is 6.54 Å². The summed E-state index contributed by atoms with van der Waals surface area (Å²) in [7, 11) is 1.80. The highest BCUT2D eigenvalue weighted by molar-refractivity contribution is 5.83. The molecule has 3 aliphatic heterocycles. The number of nitrogens with zero attached hydrogens (tertiary/aromatic N) is 4. The summed E-state index contributed by atoms with van der Waals surface area (Å²) in [5, 5.41) is 6.48. The fourth-order valence-corrected chi connectivity index (χ4v) is 7.09. The Bertz CT molecular complexity index is 1360. The van der Waals surface area contributed by atoms with Crippen LogP contribution in [0.15, 0.2) is 90.6 Å². The van der Waals surface area contributed by atoms with E-state index in [0.717, 1.165) is 24.9 Å². The molecule has 2 aromatic carbocycles. The van der Waals surface area contributed by atoms with Gasteiger partial charge < -0.3 is 10.2 Å². The minimum atomic E-state index is -0.427. The first-order chi connectivity index (χ1) is 19.9. The van der Waals surface area contributed by atoms with Gasteiger partial charge in [0.2, 0.25) is 5.91 Å². The number of allylic oxidation sites excluding steroid dienone is 3. The Kier molecular flexibility index (Phi) is 7.77. The average molecular weight is 556 g/mol. The predicted octanol–water partition coefficient (Wildman–Crippen LogP) is 4.67. The molecular weight excluding hydrogens is 517 g/mol. The van der Waals surface area contributed by atoms with Gasteiger partial charge in [0, 0.05) is 44.6 Å². The molecule has 5 atom stereocenters. The largest absolute Gasteiger partial charge is 0.334 e. The number of urea groups is 1. The number of carbonyl (C=O) groups is 2. The molecule has 0 spiro atoms. The number of amides is 3. The van der Waals surface area contributed by atoms with Gasteiger partial charge in [0.25, 0.3) is 0 Å². The van der Waals surface area contributed by atoms with Crippen molar-refractivity contribution < 1.29 is 14.0 Å². The SMILES string of the molecule is CCC[C@H]1C2C3C=CC=CC(=C3)C(c3ccccc3)CN2C[C@H]2N1C(=O)CN(C)N2C(=O)NCc1ccc(F)cc1. The van der Waals surface area contributed by atoms with E-state index in [-0.39, 0.29) is 54.8 Å². The number of carbonyl (C=O) groups excluding carboxylic acids is 2. The van der Waals surface area contributed by atoms with Crippen LogP contribution in [0.3, 0.4) is 0 Å². The summed E-state index contributed by atoms with van der Waals surface area (Å²) in [5.74, 6) is 0.0868. The minimum absolute atomic E-state index is 0.0351. The van der Waals surface area contributed by atoms with Gasteiger partial charge in [-0.05, 0) is 35.3 Å². The van der Waals surface area contributed by atoms with Crippen molar-refractivity contribution in [3.05, 3.63) is 107 Å². The number of rotatable bonds is 5. The summed E-state index contributed by atoms with van der Waals surface area (Å²) >= 11 is 0. The maximum atomic E-state index is 13.7. The Morgan fingerprint density at radius 3 is 2.59 bits per heavy atom. The molecule has 2 aromatic rings. The Morgan fingerprint density at radius 2 is 1.83 bits per heavy atom. The maximum absolute atomic E-state index is 13.7. The summed E-state index contributed by atoms with van der Waals surface area (Å²) in [5.41, 5.74) is 3.38. The second-order valence-corrected chi connectivity index (χ2v) is 11.5. The standard InChI is InChI=1S/C33H38FN5O2/c1-3-9-29-32-26-13-8-7-12-25(18-26)28(24-10-5-4-6-11-24)20-37(32)21-30-38(29)31(40)22-36(2)39(30)33(41)35-19-23-14-16-27(34)17-15-23/h4-8,10-18,26,28-30,32H,3,9,19-22H2,1-2H3,(H,35,41)/t26?,28?,29-,30-,32?/m0/s1. The fraction of sp³-hybridized carbons (Fsp3) is 0.394. The number of hydrogen-bond acceptors (Lipinski definition) is 4. The van der Waals surface area contributed by atoms with Crippen LogP contribution in [0.4, 0.5) is 9.18 Å². The fourth-order valence-electron chi connectivity index (χ4n) is 7.09. The molecule has 3 unspecified atom stereocenters. The van der Waals surface area contributed by atoms with E-state index in [2.05, 4.69) is 71.8 Å². The van der Waals surface area contributed by atoms with Crippen molar-refractivity contribution in [2.24, 2.45) is 5.92 Å². The normalized spacial score (nSPS) is 27.9. The predicted molar refractivity (Wildman–Crippen MR) is 157 cm³/mol. The zero-order chi connectivity index (χ0) is 28.5. The van der Waals surface area contributed by atoms with Crippen molar-refractivity contribution in [3.8, 4) is 0 Å². The van der Waals surface area contributed by atoms with Crippen LogP contribution in [-0.4, -0.2) is 76.7 Å². The van der Waals surface area contributed by atoms with E-state index in [9.17, 15) is 14.0 Å². The number of hydrazine groups is 1. The van der Waals surface area contributed by atoms with E-state index < -0.39 is 6.17 Å². The van der Waals surface area contributed by atoms with Crippen molar-refractivity contribution in [1.82, 2.24) is 25.1 Å². The highest BCUT2D eigenvalue weighted by Crippen LogP contribution is 2.41. The maximum Gasteiger partial charge on any atom is 0.334 e. The van der Waals surface area contributed by atoms with Crippen LogP contribution in [0.2, 0.25) is 0 Å². The smallest absolute Gasteiger partial charge is 0.333 e. The van der Waals surface area contributed by atoms with Gasteiger partial charge in [0.15, 0.2) is 0 Å². The lowest BCUT2D eigenvalue weighted by atomic mass is 9.85. The molecule has 0 aromatic heterocycles. The lowest BCUT2D eigenvalue weighted by molar-refractivity contribution is -0.188. The third-order valence-electron chi connectivity index (χ3n) is 8.88. The van der Waals surface area contributed by atoms with Crippen LogP contribution in [-0.2, 0) is 11.3 Å². The topological polar surface area (TPSA) is 59.1 Å². The average Bonchev–Trinajstić information content (AvgIpc) is 3.30. The number of likely N-dealkylation sites (N-methyl/N-ethyl adjacent to an activating group) is 1. The van der Waals surface area contributed by atoms with Gasteiger partial charge in [-0.3, -0.25) is 9.69 Å². The molecule has 6 rings (SSSR count). The minimum Gasteiger partial charge on any atom is -0.333 e. The molecule has 8 heteroatoms. The van der Waals surface area contributed by atoms with Gasteiger partial charge in [0.1, 0.15) is 12.0 Å². The number of nitrogens with one attached hydrogen (secondary N) is 1. The zero-order valence-electron chi connectivity index (χ0n) is 23.7. The van der Waals surface area contributed by atoms with Crippen LogP contribution < -0.4 is 5.32 Å². The van der Waals surface area contributed by atoms with Crippen molar-refractivity contribution in [1.29, 1.82) is 0 Å². The molecule has 2 bridgehead atoms. The van der Waals surface area contributed by atoms with E-state index in [4.69, 9.17) is 0 Å².